The Morgan fingerprint density at radius 2 is 1.54 bits per heavy atom. The van der Waals surface area contributed by atoms with Crippen molar-refractivity contribution in [2.75, 3.05) is 36.5 Å². The number of rotatable bonds is 7. The molecule has 10 heteroatoms. The number of carbonyl (C=O) groups excluding carboxylic acids is 1. The molecule has 0 heterocycles. The van der Waals surface area contributed by atoms with Crippen molar-refractivity contribution in [2.24, 2.45) is 0 Å². The van der Waals surface area contributed by atoms with Crippen LogP contribution in [0.1, 0.15) is 5.56 Å². The zero-order valence-corrected chi connectivity index (χ0v) is 17.7. The first-order valence-electron chi connectivity index (χ1n) is 8.28. The van der Waals surface area contributed by atoms with Crippen molar-refractivity contribution in [1.82, 2.24) is 4.31 Å². The number of nitrogens with one attached hydrogen (secondary N) is 1. The minimum Gasteiger partial charge on any atom is -0.325 e. The van der Waals surface area contributed by atoms with Crippen LogP contribution in [0.15, 0.2) is 53.4 Å². The topological polar surface area (TPSA) is 104 Å². The van der Waals surface area contributed by atoms with E-state index in [-0.39, 0.29) is 4.90 Å². The Labute approximate surface area is 165 Å². The molecule has 2 rings (SSSR count). The fourth-order valence-electron chi connectivity index (χ4n) is 2.48. The zero-order valence-electron chi connectivity index (χ0n) is 16.1. The molecule has 0 radical (unpaired) electrons. The van der Waals surface area contributed by atoms with Gasteiger partial charge in [-0.2, -0.15) is 0 Å². The summed E-state index contributed by atoms with van der Waals surface area (Å²) >= 11 is 0. The minimum absolute atomic E-state index is 0.0909. The highest BCUT2D eigenvalue weighted by Crippen LogP contribution is 2.22. The largest absolute Gasteiger partial charge is 0.325 e. The fraction of sp³-hybridized carbons (Fsp3) is 0.278. The summed E-state index contributed by atoms with van der Waals surface area (Å²) in [6.07, 6.45) is 1.04. The van der Waals surface area contributed by atoms with E-state index < -0.39 is 32.5 Å². The van der Waals surface area contributed by atoms with Gasteiger partial charge in [-0.1, -0.05) is 18.2 Å². The number of sulfonamides is 2. The van der Waals surface area contributed by atoms with E-state index >= 15 is 0 Å². The van der Waals surface area contributed by atoms with Crippen molar-refractivity contribution < 1.29 is 21.6 Å². The van der Waals surface area contributed by atoms with Gasteiger partial charge in [0.1, 0.15) is 6.54 Å². The highest BCUT2D eigenvalue weighted by atomic mass is 32.2. The van der Waals surface area contributed by atoms with Gasteiger partial charge in [-0.15, -0.1) is 0 Å². The summed E-state index contributed by atoms with van der Waals surface area (Å²) in [5, 5.41) is 2.59. The summed E-state index contributed by atoms with van der Waals surface area (Å²) in [5.41, 5.74) is 1.51. The van der Waals surface area contributed by atoms with E-state index in [0.717, 1.165) is 20.4 Å². The lowest BCUT2D eigenvalue weighted by Gasteiger charge is -2.23. The number of anilines is 2. The lowest BCUT2D eigenvalue weighted by atomic mass is 10.2. The SMILES string of the molecule is Cc1ccccc1N(CC(=O)Nc1ccc(S(=O)(=O)N(C)C)cc1)S(C)(=O)=O. The van der Waals surface area contributed by atoms with Gasteiger partial charge in [-0.05, 0) is 42.8 Å². The van der Waals surface area contributed by atoms with Gasteiger partial charge in [0.15, 0.2) is 0 Å². The monoisotopic (exact) mass is 425 g/mol. The number of hydrogen-bond acceptors (Lipinski definition) is 5. The summed E-state index contributed by atoms with van der Waals surface area (Å²) < 4.78 is 50.6. The molecule has 0 saturated carbocycles. The highest BCUT2D eigenvalue weighted by molar-refractivity contribution is 7.92. The van der Waals surface area contributed by atoms with E-state index in [2.05, 4.69) is 5.32 Å². The van der Waals surface area contributed by atoms with Crippen LogP contribution in [-0.4, -0.2) is 53.9 Å². The van der Waals surface area contributed by atoms with Crippen molar-refractivity contribution in [3.63, 3.8) is 0 Å². The Hall–Kier alpha value is -2.43. The minimum atomic E-state index is -3.68. The molecule has 8 nitrogen and oxygen atoms in total. The predicted octanol–water partition coefficient (Wildman–Crippen LogP) is 1.65. The smallest absolute Gasteiger partial charge is 0.245 e. The molecular formula is C18H23N3O5S2. The molecule has 1 amide bonds. The number of hydrogen-bond donors (Lipinski definition) is 1. The fourth-order valence-corrected chi connectivity index (χ4v) is 4.29. The van der Waals surface area contributed by atoms with Gasteiger partial charge < -0.3 is 5.32 Å². The third-order valence-electron chi connectivity index (χ3n) is 3.99. The first kappa shape index (κ1) is 21.9. The molecular weight excluding hydrogens is 402 g/mol. The van der Waals surface area contributed by atoms with Crippen LogP contribution >= 0.6 is 0 Å². The van der Waals surface area contributed by atoms with Crippen molar-refractivity contribution >= 4 is 37.3 Å². The Morgan fingerprint density at radius 3 is 2.04 bits per heavy atom. The zero-order chi connectivity index (χ0) is 21.1. The molecule has 2 aromatic rings. The van der Waals surface area contributed by atoms with E-state index in [1.807, 2.05) is 0 Å². The summed E-state index contributed by atoms with van der Waals surface area (Å²) in [7, 11) is -4.39. The van der Waals surface area contributed by atoms with Crippen LogP contribution in [0.5, 0.6) is 0 Å². The van der Waals surface area contributed by atoms with Gasteiger partial charge in [0.25, 0.3) is 0 Å². The van der Waals surface area contributed by atoms with E-state index in [0.29, 0.717) is 11.4 Å². The number of amides is 1. The number of para-hydroxylation sites is 1. The first-order chi connectivity index (χ1) is 12.9. The molecule has 0 atom stereocenters. The van der Waals surface area contributed by atoms with Gasteiger partial charge >= 0.3 is 0 Å². The van der Waals surface area contributed by atoms with Crippen LogP contribution in [0, 0.1) is 6.92 Å². The van der Waals surface area contributed by atoms with E-state index in [9.17, 15) is 21.6 Å². The van der Waals surface area contributed by atoms with Gasteiger partial charge in [0, 0.05) is 19.8 Å². The van der Waals surface area contributed by atoms with Crippen LogP contribution < -0.4 is 9.62 Å². The van der Waals surface area contributed by atoms with Crippen LogP contribution in [0.3, 0.4) is 0 Å². The Kier molecular flexibility index (Phi) is 6.48. The van der Waals surface area contributed by atoms with Crippen molar-refractivity contribution in [3.05, 3.63) is 54.1 Å². The molecule has 0 aromatic heterocycles. The Morgan fingerprint density at radius 1 is 0.964 bits per heavy atom. The molecule has 152 valence electrons. The molecule has 0 aliphatic rings. The lowest BCUT2D eigenvalue weighted by molar-refractivity contribution is -0.114. The maximum absolute atomic E-state index is 12.4. The normalized spacial score (nSPS) is 12.0. The molecule has 0 bridgehead atoms. The predicted molar refractivity (Wildman–Crippen MR) is 109 cm³/mol. The van der Waals surface area contributed by atoms with E-state index in [1.54, 1.807) is 31.2 Å². The standard InChI is InChI=1S/C18H23N3O5S2/c1-14-7-5-6-8-17(14)21(27(4,23)24)13-18(22)19-15-9-11-16(12-10-15)28(25,26)20(2)3/h5-12H,13H2,1-4H3,(H,19,22). The average molecular weight is 426 g/mol. The molecule has 28 heavy (non-hydrogen) atoms. The van der Waals surface area contributed by atoms with E-state index in [1.165, 1.54) is 38.4 Å². The third kappa shape index (κ3) is 5.09. The molecule has 0 unspecified atom stereocenters. The first-order valence-corrected chi connectivity index (χ1v) is 11.6. The second kappa shape index (κ2) is 8.29. The van der Waals surface area contributed by atoms with Crippen molar-refractivity contribution in [3.8, 4) is 0 Å². The summed E-state index contributed by atoms with van der Waals surface area (Å²) in [4.78, 5) is 12.5. The van der Waals surface area contributed by atoms with Gasteiger partial charge in [-0.25, -0.2) is 21.1 Å². The number of benzene rings is 2. The summed E-state index contributed by atoms with van der Waals surface area (Å²) in [5.74, 6) is -0.545. The van der Waals surface area contributed by atoms with E-state index in [4.69, 9.17) is 0 Å². The molecule has 0 fully saturated rings. The highest BCUT2D eigenvalue weighted by Gasteiger charge is 2.22. The van der Waals surface area contributed by atoms with Gasteiger partial charge in [-0.3, -0.25) is 9.10 Å². The van der Waals surface area contributed by atoms with Gasteiger partial charge in [0.05, 0.1) is 16.8 Å². The third-order valence-corrected chi connectivity index (χ3v) is 6.94. The van der Waals surface area contributed by atoms with Crippen LogP contribution in [0.4, 0.5) is 11.4 Å². The summed E-state index contributed by atoms with van der Waals surface area (Å²) in [6, 6.07) is 12.5. The molecule has 0 aliphatic carbocycles. The number of nitrogens with zero attached hydrogens (tertiary/aromatic N) is 2. The lowest BCUT2D eigenvalue weighted by Crippen LogP contribution is -2.37. The number of carbonyl (C=O) groups is 1. The molecule has 1 N–H and O–H groups in total. The number of aryl methyl sites for hydroxylation is 1. The average Bonchev–Trinajstić information content (AvgIpc) is 2.60. The van der Waals surface area contributed by atoms with Crippen molar-refractivity contribution in [2.45, 2.75) is 11.8 Å². The summed E-state index contributed by atoms with van der Waals surface area (Å²) in [6.45, 7) is 1.36. The van der Waals surface area contributed by atoms with Crippen LogP contribution in [0.2, 0.25) is 0 Å². The molecule has 0 saturated heterocycles. The maximum atomic E-state index is 12.4. The Bertz CT molecular complexity index is 1060. The van der Waals surface area contributed by atoms with Crippen molar-refractivity contribution in [1.29, 1.82) is 0 Å². The van der Waals surface area contributed by atoms with Crippen LogP contribution in [0.25, 0.3) is 0 Å². The second-order valence-corrected chi connectivity index (χ2v) is 10.5. The quantitative estimate of drug-likeness (QED) is 0.726. The van der Waals surface area contributed by atoms with Crippen LogP contribution in [-0.2, 0) is 24.8 Å². The molecule has 0 aliphatic heterocycles. The maximum Gasteiger partial charge on any atom is 0.245 e. The molecule has 0 spiro atoms. The second-order valence-electron chi connectivity index (χ2n) is 6.42. The Balaban J connectivity index is 2.19. The molecule has 2 aromatic carbocycles. The van der Waals surface area contributed by atoms with Gasteiger partial charge in [0.2, 0.25) is 26.0 Å².